The van der Waals surface area contributed by atoms with E-state index in [1.165, 1.54) is 5.56 Å². The molecule has 4 rings (SSSR count). The summed E-state index contributed by atoms with van der Waals surface area (Å²) >= 11 is 3.63. The van der Waals surface area contributed by atoms with Crippen molar-refractivity contribution in [3.63, 3.8) is 0 Å². The molecule has 0 fully saturated rings. The second-order valence-electron chi connectivity index (χ2n) is 6.03. The van der Waals surface area contributed by atoms with E-state index in [0.29, 0.717) is 11.8 Å². The number of hydrogen-bond acceptors (Lipinski definition) is 3. The molecule has 0 spiro atoms. The van der Waals surface area contributed by atoms with Gasteiger partial charge in [-0.3, -0.25) is 10.1 Å². The van der Waals surface area contributed by atoms with Crippen molar-refractivity contribution in [1.82, 2.24) is 0 Å². The van der Waals surface area contributed by atoms with Crippen LogP contribution in [-0.2, 0) is 0 Å². The van der Waals surface area contributed by atoms with Gasteiger partial charge in [0.2, 0.25) is 0 Å². The van der Waals surface area contributed by atoms with Crippen molar-refractivity contribution in [2.75, 3.05) is 5.32 Å². The van der Waals surface area contributed by atoms with E-state index >= 15 is 0 Å². The number of nitrogens with zero attached hydrogens (tertiary/aromatic N) is 1. The Balaban J connectivity index is 1.75. The van der Waals surface area contributed by atoms with Crippen molar-refractivity contribution >= 4 is 27.3 Å². The van der Waals surface area contributed by atoms with Crippen molar-refractivity contribution in [3.05, 3.63) is 80.3 Å². The number of rotatable bonds is 2. The number of benzene rings is 2. The highest BCUT2D eigenvalue weighted by molar-refractivity contribution is 9.10. The molecule has 0 amide bonds. The first-order chi connectivity index (χ1) is 11.1. The Morgan fingerprint density at radius 1 is 1.17 bits per heavy atom. The Labute approximate surface area is 142 Å². The van der Waals surface area contributed by atoms with Crippen LogP contribution in [0.25, 0.3) is 0 Å². The Kier molecular flexibility index (Phi) is 3.45. The van der Waals surface area contributed by atoms with Gasteiger partial charge in [-0.05, 0) is 45.5 Å². The molecular weight excluding hydrogens is 356 g/mol. The van der Waals surface area contributed by atoms with Crippen LogP contribution in [0, 0.1) is 16.0 Å². The first kappa shape index (κ1) is 14.5. The number of nitrogens with one attached hydrogen (secondary N) is 1. The minimum absolute atomic E-state index is 0.132. The molecule has 1 aliphatic carbocycles. The third kappa shape index (κ3) is 2.36. The quantitative estimate of drug-likeness (QED) is 0.449. The lowest BCUT2D eigenvalue weighted by atomic mass is 9.77. The summed E-state index contributed by atoms with van der Waals surface area (Å²) in [4.78, 5) is 10.5. The van der Waals surface area contributed by atoms with Gasteiger partial charge in [-0.15, -0.1) is 0 Å². The van der Waals surface area contributed by atoms with Crippen LogP contribution in [0.15, 0.2) is 59.1 Å². The number of nitro groups is 1. The third-order valence-electron chi connectivity index (χ3n) is 4.81. The molecule has 1 heterocycles. The lowest BCUT2D eigenvalue weighted by Gasteiger charge is -2.38. The number of para-hydroxylation sites is 1. The van der Waals surface area contributed by atoms with Crippen LogP contribution in [0.2, 0.25) is 0 Å². The van der Waals surface area contributed by atoms with E-state index in [1.807, 2.05) is 18.2 Å². The highest BCUT2D eigenvalue weighted by Crippen LogP contribution is 2.51. The van der Waals surface area contributed by atoms with Crippen LogP contribution in [0.5, 0.6) is 0 Å². The highest BCUT2D eigenvalue weighted by Gasteiger charge is 2.38. The number of fused-ring (bicyclic) bond motifs is 3. The maximum atomic E-state index is 10.9. The van der Waals surface area contributed by atoms with Crippen LogP contribution >= 0.6 is 15.9 Å². The maximum absolute atomic E-state index is 10.9. The van der Waals surface area contributed by atoms with Gasteiger partial charge < -0.3 is 5.32 Å². The molecule has 1 aliphatic heterocycles. The SMILES string of the molecule is O=[N+]([O-])c1ccc([C@@H]2Nc3c(Br)cccc3[C@H]3C=CC[C@@H]32)cc1. The zero-order valence-electron chi connectivity index (χ0n) is 12.3. The molecule has 1 N–H and O–H groups in total. The second kappa shape index (κ2) is 5.49. The van der Waals surface area contributed by atoms with E-state index in [0.717, 1.165) is 22.1 Å². The average molecular weight is 371 g/mol. The molecule has 23 heavy (non-hydrogen) atoms. The van der Waals surface area contributed by atoms with Crippen LogP contribution in [0.4, 0.5) is 11.4 Å². The smallest absolute Gasteiger partial charge is 0.269 e. The van der Waals surface area contributed by atoms with Gasteiger partial charge in [-0.2, -0.15) is 0 Å². The number of nitro benzene ring substituents is 1. The van der Waals surface area contributed by atoms with Gasteiger partial charge in [0.25, 0.3) is 5.69 Å². The molecule has 0 radical (unpaired) electrons. The zero-order valence-corrected chi connectivity index (χ0v) is 13.9. The lowest BCUT2D eigenvalue weighted by molar-refractivity contribution is -0.384. The lowest BCUT2D eigenvalue weighted by Crippen LogP contribution is -2.29. The summed E-state index contributed by atoms with van der Waals surface area (Å²) in [6, 6.07) is 13.3. The van der Waals surface area contributed by atoms with Crippen LogP contribution in [-0.4, -0.2) is 4.92 Å². The molecule has 2 aromatic carbocycles. The van der Waals surface area contributed by atoms with Gasteiger partial charge >= 0.3 is 0 Å². The molecule has 0 saturated heterocycles. The molecule has 2 aromatic rings. The Hall–Kier alpha value is -2.14. The summed E-state index contributed by atoms with van der Waals surface area (Å²) < 4.78 is 1.06. The van der Waals surface area contributed by atoms with Crippen LogP contribution < -0.4 is 5.32 Å². The topological polar surface area (TPSA) is 55.2 Å². The number of anilines is 1. The minimum Gasteiger partial charge on any atom is -0.377 e. The zero-order chi connectivity index (χ0) is 16.0. The van der Waals surface area contributed by atoms with E-state index < -0.39 is 0 Å². The summed E-state index contributed by atoms with van der Waals surface area (Å²) in [6.07, 6.45) is 5.55. The Morgan fingerprint density at radius 3 is 2.70 bits per heavy atom. The summed E-state index contributed by atoms with van der Waals surface area (Å²) in [5, 5.41) is 14.5. The van der Waals surface area contributed by atoms with E-state index in [1.54, 1.807) is 12.1 Å². The van der Waals surface area contributed by atoms with Gasteiger partial charge in [0.15, 0.2) is 0 Å². The minimum atomic E-state index is -0.357. The average Bonchev–Trinajstić information content (AvgIpc) is 3.04. The fourth-order valence-electron chi connectivity index (χ4n) is 3.72. The normalized spacial score (nSPS) is 24.7. The first-order valence-corrected chi connectivity index (χ1v) is 8.40. The summed E-state index contributed by atoms with van der Waals surface area (Å²) in [7, 11) is 0. The van der Waals surface area contributed by atoms with Gasteiger partial charge in [-0.1, -0.05) is 36.4 Å². The number of hydrogen-bond donors (Lipinski definition) is 1. The monoisotopic (exact) mass is 370 g/mol. The number of allylic oxidation sites excluding steroid dienone is 2. The fraction of sp³-hybridized carbons (Fsp3) is 0.222. The molecular formula is C18H15BrN2O2. The second-order valence-corrected chi connectivity index (χ2v) is 6.88. The molecule has 2 aliphatic rings. The number of non-ortho nitro benzene ring substituents is 1. The molecule has 3 atom stereocenters. The molecule has 5 heteroatoms. The summed E-state index contributed by atoms with van der Waals surface area (Å²) in [5.74, 6) is 0.835. The Morgan fingerprint density at radius 2 is 1.96 bits per heavy atom. The molecule has 0 aromatic heterocycles. The largest absolute Gasteiger partial charge is 0.377 e. The standard InChI is InChI=1S/C18H15BrN2O2/c19-16-6-2-5-15-13-3-1-4-14(13)17(20-18(15)16)11-7-9-12(10-8-11)21(22)23/h1-3,5-10,13-14,17,20H,4H2/t13-,14-,17-/m0/s1. The van der Waals surface area contributed by atoms with Crippen molar-refractivity contribution in [2.45, 2.75) is 18.4 Å². The van der Waals surface area contributed by atoms with E-state index in [-0.39, 0.29) is 16.7 Å². The predicted molar refractivity (Wildman–Crippen MR) is 93.6 cm³/mol. The molecule has 0 bridgehead atoms. The van der Waals surface area contributed by atoms with Gasteiger partial charge in [0.1, 0.15) is 0 Å². The Bertz CT molecular complexity index is 801. The van der Waals surface area contributed by atoms with Gasteiger partial charge in [0.05, 0.1) is 16.7 Å². The van der Waals surface area contributed by atoms with E-state index in [9.17, 15) is 10.1 Å². The van der Waals surface area contributed by atoms with Crippen LogP contribution in [0.1, 0.15) is 29.5 Å². The number of halogens is 1. The van der Waals surface area contributed by atoms with Crippen molar-refractivity contribution in [2.24, 2.45) is 5.92 Å². The van der Waals surface area contributed by atoms with Crippen molar-refractivity contribution in [3.8, 4) is 0 Å². The van der Waals surface area contributed by atoms with Crippen LogP contribution in [0.3, 0.4) is 0 Å². The maximum Gasteiger partial charge on any atom is 0.269 e. The summed E-state index contributed by atoms with van der Waals surface area (Å²) in [6.45, 7) is 0. The molecule has 116 valence electrons. The molecule has 0 saturated carbocycles. The van der Waals surface area contributed by atoms with Crippen molar-refractivity contribution in [1.29, 1.82) is 0 Å². The first-order valence-electron chi connectivity index (χ1n) is 7.61. The summed E-state index contributed by atoms with van der Waals surface area (Å²) in [5.41, 5.74) is 3.67. The highest BCUT2D eigenvalue weighted by atomic mass is 79.9. The van der Waals surface area contributed by atoms with E-state index in [4.69, 9.17) is 0 Å². The molecule has 4 nitrogen and oxygen atoms in total. The molecule has 0 unspecified atom stereocenters. The van der Waals surface area contributed by atoms with Crippen molar-refractivity contribution < 1.29 is 4.92 Å². The van der Waals surface area contributed by atoms with Gasteiger partial charge in [0, 0.05) is 22.5 Å². The van der Waals surface area contributed by atoms with Gasteiger partial charge in [-0.25, -0.2) is 0 Å². The fourth-order valence-corrected chi connectivity index (χ4v) is 4.21. The third-order valence-corrected chi connectivity index (χ3v) is 5.47. The predicted octanol–water partition coefficient (Wildman–Crippen LogP) is 5.18. The van der Waals surface area contributed by atoms with E-state index in [2.05, 4.69) is 45.5 Å².